The number of esters is 1. The summed E-state index contributed by atoms with van der Waals surface area (Å²) < 4.78 is 5.12. The number of likely N-dealkylation sites (tertiary alicyclic amines) is 1. The lowest BCUT2D eigenvalue weighted by Crippen LogP contribution is -2.43. The molecule has 1 aromatic rings. The molecular weight excluding hydrogens is 338 g/mol. The lowest BCUT2D eigenvalue weighted by molar-refractivity contribution is -0.146. The summed E-state index contributed by atoms with van der Waals surface area (Å²) in [7, 11) is 1.46. The third kappa shape index (κ3) is 3.81. The number of methoxy groups -OCH3 is 1. The number of benzene rings is 1. The van der Waals surface area contributed by atoms with Gasteiger partial charge in [-0.1, -0.05) is 56.7 Å². The van der Waals surface area contributed by atoms with Crippen molar-refractivity contribution in [2.24, 2.45) is 11.3 Å². The van der Waals surface area contributed by atoms with Crippen LogP contribution in [-0.4, -0.2) is 42.2 Å². The second-order valence-corrected chi connectivity index (χ2v) is 8.02. The molecule has 0 spiro atoms. The Kier molecular flexibility index (Phi) is 6.05. The molecule has 1 fully saturated rings. The van der Waals surface area contributed by atoms with Crippen molar-refractivity contribution in [1.29, 1.82) is 0 Å². The second-order valence-electron chi connectivity index (χ2n) is 8.02. The van der Waals surface area contributed by atoms with Gasteiger partial charge in [-0.2, -0.15) is 0 Å². The number of allylic oxidation sites excluding steroid dienone is 1. The molecule has 0 saturated carbocycles. The average molecular weight is 370 g/mol. The second kappa shape index (κ2) is 8.30. The molecular formula is C23H31NO3. The van der Waals surface area contributed by atoms with Crippen LogP contribution in [0.25, 0.3) is 0 Å². The molecule has 3 rings (SSSR count). The first-order valence-electron chi connectivity index (χ1n) is 9.95. The van der Waals surface area contributed by atoms with Crippen LogP contribution in [0.15, 0.2) is 53.8 Å². The Balaban J connectivity index is 1.82. The van der Waals surface area contributed by atoms with Crippen molar-refractivity contribution in [2.45, 2.75) is 45.6 Å². The quantitative estimate of drug-likeness (QED) is 0.576. The average Bonchev–Trinajstić information content (AvgIpc) is 3.13. The van der Waals surface area contributed by atoms with Crippen molar-refractivity contribution in [3.63, 3.8) is 0 Å². The van der Waals surface area contributed by atoms with Crippen molar-refractivity contribution in [3.05, 3.63) is 59.4 Å². The highest BCUT2D eigenvalue weighted by Gasteiger charge is 2.51. The van der Waals surface area contributed by atoms with Gasteiger partial charge in [0.25, 0.3) is 0 Å². The van der Waals surface area contributed by atoms with Gasteiger partial charge in [0.05, 0.1) is 13.4 Å². The minimum atomic E-state index is -0.299. The minimum absolute atomic E-state index is 0.138. The fourth-order valence-corrected chi connectivity index (χ4v) is 4.67. The summed E-state index contributed by atoms with van der Waals surface area (Å²) in [5.74, 6) is 0.137. The maximum Gasteiger partial charge on any atom is 0.323 e. The molecule has 1 N–H and O–H groups in total. The number of fused-ring (bicyclic) bond motifs is 1. The summed E-state index contributed by atoms with van der Waals surface area (Å²) in [5.41, 5.74) is 3.32. The highest BCUT2D eigenvalue weighted by atomic mass is 16.5. The van der Waals surface area contributed by atoms with E-state index in [1.54, 1.807) is 0 Å². The molecule has 0 bridgehead atoms. The Morgan fingerprint density at radius 3 is 2.78 bits per heavy atom. The molecule has 0 amide bonds. The van der Waals surface area contributed by atoms with E-state index in [0.717, 1.165) is 43.5 Å². The van der Waals surface area contributed by atoms with E-state index in [2.05, 4.69) is 37.0 Å². The smallest absolute Gasteiger partial charge is 0.323 e. The number of unbranched alkanes of at least 4 members (excludes halogenated alkanes) is 1. The third-order valence-electron chi connectivity index (χ3n) is 6.26. The molecule has 1 heterocycles. The van der Waals surface area contributed by atoms with E-state index in [1.807, 2.05) is 18.2 Å². The maximum atomic E-state index is 12.5. The van der Waals surface area contributed by atoms with Crippen LogP contribution >= 0.6 is 0 Å². The van der Waals surface area contributed by atoms with Gasteiger partial charge in [0.15, 0.2) is 0 Å². The predicted molar refractivity (Wildman–Crippen MR) is 107 cm³/mol. The molecule has 2 aliphatic rings. The Hall–Kier alpha value is -2.07. The van der Waals surface area contributed by atoms with Gasteiger partial charge in [-0.05, 0) is 36.0 Å². The summed E-state index contributed by atoms with van der Waals surface area (Å²) in [4.78, 5) is 14.8. The normalized spacial score (nSPS) is 27.4. The zero-order valence-corrected chi connectivity index (χ0v) is 16.6. The zero-order valence-electron chi connectivity index (χ0n) is 16.6. The first-order valence-corrected chi connectivity index (χ1v) is 9.95. The number of hydrogen-bond acceptors (Lipinski definition) is 4. The van der Waals surface area contributed by atoms with Gasteiger partial charge < -0.3 is 9.84 Å². The molecule has 146 valence electrons. The Morgan fingerprint density at radius 1 is 1.41 bits per heavy atom. The van der Waals surface area contributed by atoms with Gasteiger partial charge >= 0.3 is 5.97 Å². The number of carbonyl (C=O) groups excluding carboxylic acids is 1. The first-order chi connectivity index (χ1) is 13.0. The number of hydrogen-bond donors (Lipinski definition) is 1. The Labute approximate surface area is 162 Å². The SMILES string of the molecule is CCCCC1=CC2CN(C(Cc3ccccc3)C(=O)OC)CC2(C)/C1=C/O. The zero-order chi connectivity index (χ0) is 19.4. The van der Waals surface area contributed by atoms with Gasteiger partial charge in [-0.15, -0.1) is 0 Å². The number of aliphatic hydroxyl groups excluding tert-OH is 1. The van der Waals surface area contributed by atoms with Crippen LogP contribution in [0.1, 0.15) is 38.7 Å². The summed E-state index contributed by atoms with van der Waals surface area (Å²) in [5, 5.41) is 9.95. The monoisotopic (exact) mass is 369 g/mol. The number of carbonyl (C=O) groups is 1. The molecule has 3 atom stereocenters. The van der Waals surface area contributed by atoms with Gasteiger partial charge in [0.1, 0.15) is 6.04 Å². The number of nitrogens with zero attached hydrogens (tertiary/aromatic N) is 1. The minimum Gasteiger partial charge on any atom is -0.515 e. The van der Waals surface area contributed by atoms with Crippen LogP contribution in [0.3, 0.4) is 0 Å². The number of aliphatic hydroxyl groups is 1. The lowest BCUT2D eigenvalue weighted by Gasteiger charge is -2.30. The van der Waals surface area contributed by atoms with E-state index in [1.165, 1.54) is 18.9 Å². The topological polar surface area (TPSA) is 49.8 Å². The van der Waals surface area contributed by atoms with Crippen LogP contribution in [0, 0.1) is 11.3 Å². The highest BCUT2D eigenvalue weighted by molar-refractivity contribution is 5.76. The largest absolute Gasteiger partial charge is 0.515 e. The van der Waals surface area contributed by atoms with E-state index in [-0.39, 0.29) is 17.4 Å². The molecule has 4 nitrogen and oxygen atoms in total. The van der Waals surface area contributed by atoms with Gasteiger partial charge in [-0.25, -0.2) is 0 Å². The fraction of sp³-hybridized carbons (Fsp3) is 0.522. The summed E-state index contributed by atoms with van der Waals surface area (Å²) in [6.07, 6.45) is 7.56. The molecule has 0 radical (unpaired) electrons. The molecule has 3 unspecified atom stereocenters. The third-order valence-corrected chi connectivity index (χ3v) is 6.26. The van der Waals surface area contributed by atoms with E-state index < -0.39 is 0 Å². The van der Waals surface area contributed by atoms with E-state index in [0.29, 0.717) is 12.3 Å². The molecule has 1 aliphatic carbocycles. The predicted octanol–water partition coefficient (Wildman–Crippen LogP) is 4.28. The standard InChI is InChI=1S/C23H31NO3/c1-4-5-11-18-13-19-14-24(16-23(19,2)20(18)15-25)21(22(26)27-3)12-17-9-7-6-8-10-17/h6-10,13,15,19,21,25H,4-5,11-12,14,16H2,1-3H3/b20-15+. The van der Waals surface area contributed by atoms with Crippen LogP contribution < -0.4 is 0 Å². The van der Waals surface area contributed by atoms with Crippen molar-refractivity contribution in [3.8, 4) is 0 Å². The molecule has 0 aromatic heterocycles. The van der Waals surface area contributed by atoms with Gasteiger partial charge in [0.2, 0.25) is 0 Å². The molecule has 1 saturated heterocycles. The van der Waals surface area contributed by atoms with Crippen LogP contribution in [0.4, 0.5) is 0 Å². The molecule has 4 heteroatoms. The number of ether oxygens (including phenoxy) is 1. The fourth-order valence-electron chi connectivity index (χ4n) is 4.67. The van der Waals surface area contributed by atoms with Crippen molar-refractivity contribution in [2.75, 3.05) is 20.2 Å². The van der Waals surface area contributed by atoms with E-state index in [4.69, 9.17) is 4.74 Å². The van der Waals surface area contributed by atoms with Crippen molar-refractivity contribution in [1.82, 2.24) is 4.90 Å². The van der Waals surface area contributed by atoms with Crippen molar-refractivity contribution < 1.29 is 14.6 Å². The Bertz CT molecular complexity index is 724. The summed E-state index contributed by atoms with van der Waals surface area (Å²) in [6.45, 7) is 5.97. The molecule has 27 heavy (non-hydrogen) atoms. The summed E-state index contributed by atoms with van der Waals surface area (Å²) >= 11 is 0. The van der Waals surface area contributed by atoms with Gasteiger partial charge in [-0.3, -0.25) is 9.69 Å². The summed E-state index contributed by atoms with van der Waals surface area (Å²) in [6, 6.07) is 9.79. The molecule has 1 aromatic carbocycles. The van der Waals surface area contributed by atoms with Crippen LogP contribution in [0.5, 0.6) is 0 Å². The van der Waals surface area contributed by atoms with Gasteiger partial charge in [0, 0.05) is 24.4 Å². The van der Waals surface area contributed by atoms with E-state index in [9.17, 15) is 9.90 Å². The lowest BCUT2D eigenvalue weighted by atomic mass is 9.78. The molecule has 1 aliphatic heterocycles. The Morgan fingerprint density at radius 2 is 2.15 bits per heavy atom. The van der Waals surface area contributed by atoms with Crippen LogP contribution in [0.2, 0.25) is 0 Å². The van der Waals surface area contributed by atoms with Crippen LogP contribution in [-0.2, 0) is 16.0 Å². The number of rotatable bonds is 7. The highest BCUT2D eigenvalue weighted by Crippen LogP contribution is 2.52. The first kappa shape index (κ1) is 19.7. The maximum absolute atomic E-state index is 12.5. The van der Waals surface area contributed by atoms with E-state index >= 15 is 0 Å². The van der Waals surface area contributed by atoms with Crippen molar-refractivity contribution >= 4 is 5.97 Å².